The highest BCUT2D eigenvalue weighted by Gasteiger charge is 2.20. The van der Waals surface area contributed by atoms with E-state index < -0.39 is 17.4 Å². The molecule has 7 heteroatoms. The predicted molar refractivity (Wildman–Crippen MR) is 116 cm³/mol. The first-order chi connectivity index (χ1) is 14.7. The van der Waals surface area contributed by atoms with Crippen LogP contribution in [0.4, 0.5) is 4.39 Å². The summed E-state index contributed by atoms with van der Waals surface area (Å²) in [5.41, 5.74) is 0.0613. The summed E-state index contributed by atoms with van der Waals surface area (Å²) in [6.07, 6.45) is 2.43. The number of carbonyl (C=O) groups is 1. The molecule has 1 aromatic heterocycles. The van der Waals surface area contributed by atoms with Crippen molar-refractivity contribution in [3.63, 3.8) is 0 Å². The molecular weight excluding hydrogens is 401 g/mol. The maximum Gasteiger partial charge on any atom is 0.338 e. The van der Waals surface area contributed by atoms with Crippen LogP contribution in [0.15, 0.2) is 42.6 Å². The van der Waals surface area contributed by atoms with Crippen LogP contribution in [0.25, 0.3) is 10.9 Å². The summed E-state index contributed by atoms with van der Waals surface area (Å²) >= 11 is 0. The third-order valence-corrected chi connectivity index (χ3v) is 4.24. The minimum atomic E-state index is -0.678. The first kappa shape index (κ1) is 22.3. The van der Waals surface area contributed by atoms with Gasteiger partial charge < -0.3 is 18.9 Å². The highest BCUT2D eigenvalue weighted by Crippen LogP contribution is 2.37. The minimum Gasteiger partial charge on any atom is -0.493 e. The summed E-state index contributed by atoms with van der Waals surface area (Å²) in [7, 11) is 1.55. The van der Waals surface area contributed by atoms with Crippen molar-refractivity contribution in [3.05, 3.63) is 54.0 Å². The lowest BCUT2D eigenvalue weighted by Crippen LogP contribution is -2.23. The number of pyridine rings is 1. The van der Waals surface area contributed by atoms with Crippen molar-refractivity contribution < 1.29 is 28.1 Å². The van der Waals surface area contributed by atoms with Crippen molar-refractivity contribution in [2.24, 2.45) is 0 Å². The Balaban J connectivity index is 1.92. The van der Waals surface area contributed by atoms with Crippen molar-refractivity contribution >= 4 is 16.9 Å². The van der Waals surface area contributed by atoms with Gasteiger partial charge in [-0.05, 0) is 57.5 Å². The van der Waals surface area contributed by atoms with Crippen LogP contribution in [0.3, 0.4) is 0 Å². The largest absolute Gasteiger partial charge is 0.493 e. The van der Waals surface area contributed by atoms with E-state index in [1.807, 2.05) is 6.92 Å². The Kier molecular flexibility index (Phi) is 6.63. The first-order valence-corrected chi connectivity index (χ1v) is 10.0. The molecule has 0 N–H and O–H groups in total. The summed E-state index contributed by atoms with van der Waals surface area (Å²) in [6.45, 7) is 7.81. The summed E-state index contributed by atoms with van der Waals surface area (Å²) in [6, 6.07) is 9.11. The van der Waals surface area contributed by atoms with E-state index in [9.17, 15) is 9.18 Å². The topological polar surface area (TPSA) is 66.9 Å². The number of nitrogens with zero attached hydrogens (tertiary/aromatic N) is 1. The molecule has 0 unspecified atom stereocenters. The zero-order chi connectivity index (χ0) is 22.6. The lowest BCUT2D eigenvalue weighted by molar-refractivity contribution is 0.00689. The zero-order valence-electron chi connectivity index (χ0n) is 18.3. The molecule has 0 aliphatic rings. The van der Waals surface area contributed by atoms with Gasteiger partial charge in [0.25, 0.3) is 0 Å². The molecule has 3 rings (SSSR count). The Morgan fingerprint density at radius 1 is 1.03 bits per heavy atom. The molecule has 2 aromatic carbocycles. The van der Waals surface area contributed by atoms with Crippen LogP contribution in [-0.4, -0.2) is 30.3 Å². The van der Waals surface area contributed by atoms with Crippen LogP contribution in [0.2, 0.25) is 0 Å². The summed E-state index contributed by atoms with van der Waals surface area (Å²) in [5.74, 6) is 0.202. The number of rotatable bonds is 7. The lowest BCUT2D eigenvalue weighted by Gasteiger charge is -2.19. The average molecular weight is 427 g/mol. The molecule has 31 heavy (non-hydrogen) atoms. The molecule has 6 nitrogen and oxygen atoms in total. The molecule has 0 spiro atoms. The number of hydrogen-bond acceptors (Lipinski definition) is 6. The highest BCUT2D eigenvalue weighted by molar-refractivity contribution is 5.90. The van der Waals surface area contributed by atoms with Crippen molar-refractivity contribution in [1.29, 1.82) is 0 Å². The van der Waals surface area contributed by atoms with Crippen molar-refractivity contribution in [2.45, 2.75) is 39.7 Å². The van der Waals surface area contributed by atoms with Crippen LogP contribution in [0.5, 0.6) is 23.0 Å². The third kappa shape index (κ3) is 5.42. The van der Waals surface area contributed by atoms with Crippen molar-refractivity contribution in [2.75, 3.05) is 13.7 Å². The van der Waals surface area contributed by atoms with E-state index in [-0.39, 0.29) is 11.3 Å². The van der Waals surface area contributed by atoms with E-state index in [2.05, 4.69) is 4.98 Å². The Labute approximate surface area is 180 Å². The lowest BCUT2D eigenvalue weighted by atomic mass is 10.1. The highest BCUT2D eigenvalue weighted by atomic mass is 19.1. The molecule has 0 atom stereocenters. The number of ether oxygens (including phenoxy) is 4. The molecule has 0 fully saturated rings. The summed E-state index contributed by atoms with van der Waals surface area (Å²) < 4.78 is 36.9. The summed E-state index contributed by atoms with van der Waals surface area (Å²) in [4.78, 5) is 16.5. The molecule has 0 bridgehead atoms. The van der Waals surface area contributed by atoms with E-state index in [0.717, 1.165) is 12.5 Å². The van der Waals surface area contributed by atoms with Crippen LogP contribution in [-0.2, 0) is 4.74 Å². The molecule has 164 valence electrons. The van der Waals surface area contributed by atoms with Gasteiger partial charge in [-0.15, -0.1) is 0 Å². The fourth-order valence-corrected chi connectivity index (χ4v) is 2.87. The SMILES string of the molecule is CCCOc1cc2nccc(Oc3ccc(C(=O)OC(C)(C)C)cc3F)c2cc1OC. The molecular formula is C24H26FNO5. The van der Waals surface area contributed by atoms with Gasteiger partial charge in [-0.25, -0.2) is 9.18 Å². The predicted octanol–water partition coefficient (Wildman–Crippen LogP) is 5.92. The van der Waals surface area contributed by atoms with Gasteiger partial charge in [0.15, 0.2) is 23.1 Å². The second-order valence-electron chi connectivity index (χ2n) is 7.93. The Hall–Kier alpha value is -3.35. The molecule has 0 radical (unpaired) electrons. The second-order valence-corrected chi connectivity index (χ2v) is 7.93. The van der Waals surface area contributed by atoms with Crippen LogP contribution < -0.4 is 14.2 Å². The van der Waals surface area contributed by atoms with Crippen molar-refractivity contribution in [1.82, 2.24) is 4.98 Å². The molecule has 3 aromatic rings. The maximum atomic E-state index is 14.7. The van der Waals surface area contributed by atoms with Gasteiger partial charge in [-0.1, -0.05) is 6.92 Å². The smallest absolute Gasteiger partial charge is 0.338 e. The number of hydrogen-bond donors (Lipinski definition) is 0. The molecule has 0 saturated heterocycles. The summed E-state index contributed by atoms with van der Waals surface area (Å²) in [5, 5.41) is 0.638. The van der Waals surface area contributed by atoms with Gasteiger partial charge in [0.05, 0.1) is 24.8 Å². The van der Waals surface area contributed by atoms with Crippen LogP contribution >= 0.6 is 0 Å². The number of carbonyl (C=O) groups excluding carboxylic acids is 1. The monoisotopic (exact) mass is 427 g/mol. The average Bonchev–Trinajstić information content (AvgIpc) is 2.71. The zero-order valence-corrected chi connectivity index (χ0v) is 18.3. The van der Waals surface area contributed by atoms with Crippen LogP contribution in [0.1, 0.15) is 44.5 Å². The second kappa shape index (κ2) is 9.20. The van der Waals surface area contributed by atoms with E-state index in [0.29, 0.717) is 34.8 Å². The molecule has 0 aliphatic heterocycles. The number of fused-ring (bicyclic) bond motifs is 1. The van der Waals surface area contributed by atoms with E-state index in [4.69, 9.17) is 18.9 Å². The van der Waals surface area contributed by atoms with Gasteiger partial charge in [0, 0.05) is 17.6 Å². The molecule has 1 heterocycles. The van der Waals surface area contributed by atoms with Crippen molar-refractivity contribution in [3.8, 4) is 23.0 Å². The number of aromatic nitrogens is 1. The van der Waals surface area contributed by atoms with Gasteiger partial charge in [0.2, 0.25) is 0 Å². The van der Waals surface area contributed by atoms with Gasteiger partial charge in [-0.3, -0.25) is 4.98 Å². The molecule has 0 amide bonds. The number of methoxy groups -OCH3 is 1. The number of benzene rings is 2. The van der Waals surface area contributed by atoms with E-state index >= 15 is 0 Å². The number of halogens is 1. The van der Waals surface area contributed by atoms with Gasteiger partial charge in [-0.2, -0.15) is 0 Å². The van der Waals surface area contributed by atoms with Gasteiger partial charge >= 0.3 is 5.97 Å². The Bertz CT molecular complexity index is 1090. The van der Waals surface area contributed by atoms with E-state index in [1.54, 1.807) is 52.3 Å². The molecule has 0 aliphatic carbocycles. The Morgan fingerprint density at radius 3 is 2.45 bits per heavy atom. The van der Waals surface area contributed by atoms with Gasteiger partial charge in [0.1, 0.15) is 11.4 Å². The maximum absolute atomic E-state index is 14.7. The standard InChI is InChI=1S/C24H26FNO5/c1-6-11-29-22-14-18-16(13-21(22)28-5)19(9-10-26-18)30-20-8-7-15(12-17(20)25)23(27)31-24(2,3)4/h7-10,12-14H,6,11H2,1-5H3. The number of esters is 1. The fourth-order valence-electron chi connectivity index (χ4n) is 2.87. The quantitative estimate of drug-likeness (QED) is 0.436. The van der Waals surface area contributed by atoms with E-state index in [1.165, 1.54) is 12.1 Å². The normalized spacial score (nSPS) is 11.3. The Morgan fingerprint density at radius 2 is 1.81 bits per heavy atom. The molecule has 0 saturated carbocycles. The fraction of sp³-hybridized carbons (Fsp3) is 0.333. The third-order valence-electron chi connectivity index (χ3n) is 4.24. The minimum absolute atomic E-state index is 0.0231. The van der Waals surface area contributed by atoms with Crippen LogP contribution in [0, 0.1) is 5.82 Å². The first-order valence-electron chi connectivity index (χ1n) is 10.0.